The summed E-state index contributed by atoms with van der Waals surface area (Å²) in [6.45, 7) is 3.98. The molecule has 7 nitrogen and oxygen atoms in total. The molecule has 0 radical (unpaired) electrons. The van der Waals surface area contributed by atoms with E-state index in [1.807, 2.05) is 17.0 Å². The molecular weight excluding hydrogens is 530 g/mol. The number of amides is 2. The van der Waals surface area contributed by atoms with Crippen LogP contribution in [0.25, 0.3) is 0 Å². The van der Waals surface area contributed by atoms with Crippen LogP contribution in [0.3, 0.4) is 0 Å². The van der Waals surface area contributed by atoms with Gasteiger partial charge in [0.05, 0.1) is 16.4 Å². The summed E-state index contributed by atoms with van der Waals surface area (Å²) in [5.74, 6) is 0.615. The van der Waals surface area contributed by atoms with E-state index in [4.69, 9.17) is 0 Å². The average Bonchev–Trinajstić information content (AvgIpc) is 3.58. The van der Waals surface area contributed by atoms with Crippen molar-refractivity contribution in [3.8, 4) is 0 Å². The van der Waals surface area contributed by atoms with E-state index < -0.39 is 9.84 Å². The summed E-state index contributed by atoms with van der Waals surface area (Å²) >= 11 is 1.71. The maximum absolute atomic E-state index is 13.5. The Hall–Kier alpha value is -2.23. The van der Waals surface area contributed by atoms with Gasteiger partial charge in [-0.3, -0.25) is 9.59 Å². The fourth-order valence-electron chi connectivity index (χ4n) is 6.52. The maximum atomic E-state index is 13.5. The first-order valence-electron chi connectivity index (χ1n) is 14.4. The standard InChI is InChI=1S/C30H41N3O4S2/c1-39(36,37)25-11-9-23(10-12-25)22-33-20-16-30(29(33)35)14-18-32(19-15-30)17-13-26(27-8-5-21-38-27)31-28(34)24-6-3-2-4-7-24/h5,8-12,21,24,26H,2-4,6-7,13-20,22H2,1H3,(H,31,34). The van der Waals surface area contributed by atoms with Crippen LogP contribution < -0.4 is 5.32 Å². The minimum absolute atomic E-state index is 0.0491. The van der Waals surface area contributed by atoms with Crippen molar-refractivity contribution in [2.24, 2.45) is 11.3 Å². The van der Waals surface area contributed by atoms with E-state index in [0.29, 0.717) is 11.4 Å². The molecule has 212 valence electrons. The van der Waals surface area contributed by atoms with Crippen molar-refractivity contribution < 1.29 is 18.0 Å². The highest BCUT2D eigenvalue weighted by molar-refractivity contribution is 7.90. The quantitative estimate of drug-likeness (QED) is 0.468. The Labute approximate surface area is 236 Å². The highest BCUT2D eigenvalue weighted by Gasteiger charge is 2.47. The van der Waals surface area contributed by atoms with Gasteiger partial charge in [0, 0.05) is 36.7 Å². The number of sulfone groups is 1. The lowest BCUT2D eigenvalue weighted by molar-refractivity contribution is -0.139. The van der Waals surface area contributed by atoms with Gasteiger partial charge in [0.1, 0.15) is 0 Å². The van der Waals surface area contributed by atoms with Gasteiger partial charge in [-0.05, 0) is 80.8 Å². The summed E-state index contributed by atoms with van der Waals surface area (Å²) in [5, 5.41) is 5.46. The summed E-state index contributed by atoms with van der Waals surface area (Å²) in [4.78, 5) is 32.4. The second-order valence-corrected chi connectivity index (χ2v) is 14.7. The number of nitrogens with one attached hydrogen (secondary N) is 1. The fourth-order valence-corrected chi connectivity index (χ4v) is 7.96. The van der Waals surface area contributed by atoms with Gasteiger partial charge in [-0.2, -0.15) is 0 Å². The molecule has 1 spiro atoms. The van der Waals surface area contributed by atoms with Gasteiger partial charge in [-0.1, -0.05) is 37.5 Å². The number of thiophene rings is 1. The number of hydrogen-bond donors (Lipinski definition) is 1. The summed E-state index contributed by atoms with van der Waals surface area (Å²) in [6, 6.07) is 11.1. The predicted octanol–water partition coefficient (Wildman–Crippen LogP) is 4.79. The van der Waals surface area contributed by atoms with Gasteiger partial charge in [0.15, 0.2) is 9.84 Å². The molecule has 2 saturated heterocycles. The average molecular weight is 572 g/mol. The second-order valence-electron chi connectivity index (χ2n) is 11.7. The lowest BCUT2D eigenvalue weighted by Crippen LogP contribution is -2.45. The molecule has 39 heavy (non-hydrogen) atoms. The van der Waals surface area contributed by atoms with Gasteiger partial charge in [0.2, 0.25) is 11.8 Å². The van der Waals surface area contributed by atoms with Crippen molar-refractivity contribution in [1.82, 2.24) is 15.1 Å². The molecule has 1 aromatic carbocycles. The van der Waals surface area contributed by atoms with E-state index in [2.05, 4.69) is 27.7 Å². The molecule has 2 amide bonds. The third-order valence-corrected chi connectivity index (χ3v) is 11.2. The minimum Gasteiger partial charge on any atom is -0.348 e. The highest BCUT2D eigenvalue weighted by atomic mass is 32.2. The normalized spacial score (nSPS) is 21.4. The monoisotopic (exact) mass is 571 g/mol. The Balaban J connectivity index is 1.12. The van der Waals surface area contributed by atoms with Crippen LogP contribution in [0.15, 0.2) is 46.7 Å². The lowest BCUT2D eigenvalue weighted by Gasteiger charge is -2.38. The SMILES string of the molecule is CS(=O)(=O)c1ccc(CN2CCC3(CCN(CCC(NC(=O)C4CCCCC4)c4cccs4)CC3)C2=O)cc1. The molecule has 1 aliphatic carbocycles. The molecule has 3 fully saturated rings. The van der Waals surface area contributed by atoms with Crippen LogP contribution in [0.4, 0.5) is 0 Å². The van der Waals surface area contributed by atoms with Gasteiger partial charge >= 0.3 is 0 Å². The lowest BCUT2D eigenvalue weighted by atomic mass is 9.77. The van der Waals surface area contributed by atoms with E-state index in [1.165, 1.54) is 17.6 Å². The molecule has 2 aromatic rings. The first-order chi connectivity index (χ1) is 18.7. The van der Waals surface area contributed by atoms with Crippen molar-refractivity contribution in [3.05, 3.63) is 52.2 Å². The molecule has 1 aromatic heterocycles. The van der Waals surface area contributed by atoms with Crippen molar-refractivity contribution in [2.75, 3.05) is 32.4 Å². The summed E-state index contributed by atoms with van der Waals surface area (Å²) in [6.07, 6.45) is 10.3. The number of carbonyl (C=O) groups is 2. The molecule has 1 unspecified atom stereocenters. The van der Waals surface area contributed by atoms with E-state index >= 15 is 0 Å². The fraction of sp³-hybridized carbons (Fsp3) is 0.600. The number of nitrogens with zero attached hydrogens (tertiary/aromatic N) is 2. The Morgan fingerprint density at radius 3 is 2.38 bits per heavy atom. The molecule has 9 heteroatoms. The first-order valence-corrected chi connectivity index (χ1v) is 17.2. The van der Waals surface area contributed by atoms with E-state index in [0.717, 1.165) is 83.1 Å². The van der Waals surface area contributed by atoms with Crippen LogP contribution in [-0.4, -0.2) is 62.5 Å². The topological polar surface area (TPSA) is 86.8 Å². The molecule has 1 atom stereocenters. The maximum Gasteiger partial charge on any atom is 0.229 e. The van der Waals surface area contributed by atoms with Gasteiger partial charge < -0.3 is 15.1 Å². The molecular formula is C30H41N3O4S2. The predicted molar refractivity (Wildman–Crippen MR) is 154 cm³/mol. The van der Waals surface area contributed by atoms with E-state index in [1.54, 1.807) is 23.5 Å². The van der Waals surface area contributed by atoms with Gasteiger partial charge in [-0.15, -0.1) is 11.3 Å². The smallest absolute Gasteiger partial charge is 0.229 e. The van der Waals surface area contributed by atoms with Crippen LogP contribution in [-0.2, 0) is 26.0 Å². The molecule has 3 aliphatic rings. The van der Waals surface area contributed by atoms with Crippen LogP contribution in [0.5, 0.6) is 0 Å². The third-order valence-electron chi connectivity index (χ3n) is 9.05. The number of hydrogen-bond acceptors (Lipinski definition) is 6. The molecule has 5 rings (SSSR count). The van der Waals surface area contributed by atoms with E-state index in [9.17, 15) is 18.0 Å². The zero-order valence-electron chi connectivity index (χ0n) is 22.9. The Bertz CT molecular complexity index is 1230. The van der Waals surface area contributed by atoms with Crippen LogP contribution in [0.2, 0.25) is 0 Å². The second kappa shape index (κ2) is 12.1. The summed E-state index contributed by atoms with van der Waals surface area (Å²) < 4.78 is 23.5. The molecule has 1 saturated carbocycles. The van der Waals surface area contributed by atoms with Gasteiger partial charge in [-0.25, -0.2) is 8.42 Å². The molecule has 1 N–H and O–H groups in total. The summed E-state index contributed by atoms with van der Waals surface area (Å²) in [7, 11) is -3.23. The highest BCUT2D eigenvalue weighted by Crippen LogP contribution is 2.42. The van der Waals surface area contributed by atoms with Crippen molar-refractivity contribution in [3.63, 3.8) is 0 Å². The van der Waals surface area contributed by atoms with Crippen molar-refractivity contribution in [2.45, 2.75) is 75.3 Å². The number of benzene rings is 1. The molecule has 0 bridgehead atoms. The van der Waals surface area contributed by atoms with Crippen LogP contribution >= 0.6 is 11.3 Å². The number of carbonyl (C=O) groups excluding carboxylic acids is 2. The van der Waals surface area contributed by atoms with Crippen molar-refractivity contribution in [1.29, 1.82) is 0 Å². The Kier molecular flexibility index (Phi) is 8.79. The number of rotatable bonds is 9. The van der Waals surface area contributed by atoms with Crippen LogP contribution in [0.1, 0.15) is 74.3 Å². The summed E-state index contributed by atoms with van der Waals surface area (Å²) in [5.41, 5.74) is 0.686. The van der Waals surface area contributed by atoms with Crippen LogP contribution in [0, 0.1) is 11.3 Å². The zero-order chi connectivity index (χ0) is 27.5. The zero-order valence-corrected chi connectivity index (χ0v) is 24.6. The number of likely N-dealkylation sites (tertiary alicyclic amines) is 2. The largest absolute Gasteiger partial charge is 0.348 e. The Morgan fingerprint density at radius 2 is 1.74 bits per heavy atom. The third kappa shape index (κ3) is 6.74. The van der Waals surface area contributed by atoms with E-state index in [-0.39, 0.29) is 29.2 Å². The minimum atomic E-state index is -3.23. The van der Waals surface area contributed by atoms with Gasteiger partial charge in [0.25, 0.3) is 0 Å². The first kappa shape index (κ1) is 28.3. The Morgan fingerprint density at radius 1 is 1.05 bits per heavy atom. The van der Waals surface area contributed by atoms with Crippen molar-refractivity contribution >= 4 is 33.0 Å². The number of piperidine rings is 1. The molecule has 2 aliphatic heterocycles. The molecule has 3 heterocycles.